The second-order valence-electron chi connectivity index (χ2n) is 6.76. The summed E-state index contributed by atoms with van der Waals surface area (Å²) in [6.45, 7) is 11.3. The summed E-state index contributed by atoms with van der Waals surface area (Å²) in [4.78, 5) is 28.6. The fourth-order valence-corrected chi connectivity index (χ4v) is 2.96. The quantitative estimate of drug-likeness (QED) is 0.897. The predicted molar refractivity (Wildman–Crippen MR) is 96.2 cm³/mol. The molecule has 0 saturated carbocycles. The molecule has 0 radical (unpaired) electrons. The van der Waals surface area contributed by atoms with Gasteiger partial charge >= 0.3 is 0 Å². The Morgan fingerprint density at radius 3 is 2.42 bits per heavy atom. The molecule has 5 heteroatoms. The van der Waals surface area contributed by atoms with Gasteiger partial charge in [0.15, 0.2) is 0 Å². The molecular weight excluding hydrogens is 302 g/mol. The minimum absolute atomic E-state index is 0.0681. The van der Waals surface area contributed by atoms with E-state index in [1.165, 1.54) is 5.56 Å². The third-order valence-corrected chi connectivity index (χ3v) is 4.66. The number of amides is 2. The van der Waals surface area contributed by atoms with Crippen LogP contribution in [0, 0.1) is 13.8 Å². The van der Waals surface area contributed by atoms with Gasteiger partial charge in [0.25, 0.3) is 5.91 Å². The van der Waals surface area contributed by atoms with Crippen molar-refractivity contribution in [2.24, 2.45) is 0 Å². The molecule has 1 fully saturated rings. The Morgan fingerprint density at radius 1 is 1.17 bits per heavy atom. The first-order valence-electron chi connectivity index (χ1n) is 8.79. The molecule has 1 aromatic rings. The van der Waals surface area contributed by atoms with Gasteiger partial charge < -0.3 is 10.2 Å². The van der Waals surface area contributed by atoms with Gasteiger partial charge in [0.2, 0.25) is 5.91 Å². The highest BCUT2D eigenvalue weighted by Crippen LogP contribution is 2.14. The van der Waals surface area contributed by atoms with E-state index >= 15 is 0 Å². The first-order chi connectivity index (χ1) is 11.4. The zero-order valence-electron chi connectivity index (χ0n) is 15.3. The number of rotatable bonds is 5. The lowest BCUT2D eigenvalue weighted by Gasteiger charge is -2.34. The second-order valence-corrected chi connectivity index (χ2v) is 6.76. The van der Waals surface area contributed by atoms with E-state index in [9.17, 15) is 9.59 Å². The minimum Gasteiger partial charge on any atom is -0.353 e. The maximum atomic E-state index is 12.7. The first kappa shape index (κ1) is 18.5. The predicted octanol–water partition coefficient (Wildman–Crippen LogP) is 1.98. The Morgan fingerprint density at radius 2 is 1.83 bits per heavy atom. The molecule has 1 atom stereocenters. The van der Waals surface area contributed by atoms with Crippen molar-refractivity contribution in [2.45, 2.75) is 40.2 Å². The van der Waals surface area contributed by atoms with Crippen LogP contribution in [0.5, 0.6) is 0 Å². The van der Waals surface area contributed by atoms with Crippen LogP contribution in [0.2, 0.25) is 0 Å². The molecule has 2 amide bonds. The number of aryl methyl sites for hydroxylation is 2. The molecule has 1 unspecified atom stereocenters. The van der Waals surface area contributed by atoms with E-state index in [1.54, 1.807) is 0 Å². The molecule has 1 aliphatic rings. The summed E-state index contributed by atoms with van der Waals surface area (Å²) in [6, 6.07) is 6.15. The molecule has 0 aliphatic carbocycles. The largest absolute Gasteiger partial charge is 0.353 e. The summed E-state index contributed by atoms with van der Waals surface area (Å²) in [5.41, 5.74) is 2.97. The number of benzene rings is 1. The molecule has 2 rings (SSSR count). The molecule has 0 spiro atoms. The lowest BCUT2D eigenvalue weighted by Crippen LogP contribution is -2.51. The topological polar surface area (TPSA) is 52.7 Å². The zero-order valence-corrected chi connectivity index (χ0v) is 15.3. The van der Waals surface area contributed by atoms with Crippen LogP contribution < -0.4 is 5.32 Å². The second kappa shape index (κ2) is 8.29. The lowest BCUT2D eigenvalue weighted by atomic mass is 10.0. The molecule has 1 N–H and O–H groups in total. The third kappa shape index (κ3) is 4.81. The number of hydrogen-bond donors (Lipinski definition) is 1. The van der Waals surface area contributed by atoms with Gasteiger partial charge in [-0.2, -0.15) is 0 Å². The molecule has 1 saturated heterocycles. The van der Waals surface area contributed by atoms with Crippen molar-refractivity contribution in [3.63, 3.8) is 0 Å². The van der Waals surface area contributed by atoms with E-state index in [0.29, 0.717) is 19.6 Å². The van der Waals surface area contributed by atoms with Crippen LogP contribution in [0.25, 0.3) is 0 Å². The van der Waals surface area contributed by atoms with Crippen LogP contribution >= 0.6 is 0 Å². The highest BCUT2D eigenvalue weighted by molar-refractivity contribution is 5.95. The number of carbonyl (C=O) groups is 2. The molecule has 5 nitrogen and oxygen atoms in total. The molecule has 0 bridgehead atoms. The van der Waals surface area contributed by atoms with Crippen LogP contribution in [0.1, 0.15) is 41.8 Å². The fraction of sp³-hybridized carbons (Fsp3) is 0.579. The molecule has 24 heavy (non-hydrogen) atoms. The van der Waals surface area contributed by atoms with Gasteiger partial charge in [-0.3, -0.25) is 14.5 Å². The Bertz CT molecular complexity index is 592. The van der Waals surface area contributed by atoms with E-state index < -0.39 is 0 Å². The molecular formula is C19H29N3O2. The van der Waals surface area contributed by atoms with Gasteiger partial charge in [0.1, 0.15) is 0 Å². The summed E-state index contributed by atoms with van der Waals surface area (Å²) in [5.74, 6) is 0.162. The number of nitrogens with one attached hydrogen (secondary N) is 1. The Balaban J connectivity index is 1.86. The van der Waals surface area contributed by atoms with Crippen molar-refractivity contribution in [3.8, 4) is 0 Å². The van der Waals surface area contributed by atoms with Crippen molar-refractivity contribution < 1.29 is 9.59 Å². The van der Waals surface area contributed by atoms with Crippen molar-refractivity contribution >= 4 is 11.8 Å². The Labute approximate surface area is 145 Å². The lowest BCUT2D eigenvalue weighted by molar-refractivity contribution is -0.123. The van der Waals surface area contributed by atoms with Crippen molar-refractivity contribution in [2.75, 3.05) is 32.7 Å². The number of nitrogens with zero attached hydrogens (tertiary/aromatic N) is 2. The molecule has 132 valence electrons. The molecule has 1 heterocycles. The van der Waals surface area contributed by atoms with Crippen LogP contribution in [-0.4, -0.2) is 60.4 Å². The van der Waals surface area contributed by atoms with E-state index in [2.05, 4.69) is 17.1 Å². The van der Waals surface area contributed by atoms with Gasteiger partial charge in [-0.1, -0.05) is 24.6 Å². The third-order valence-electron chi connectivity index (χ3n) is 4.66. The van der Waals surface area contributed by atoms with Gasteiger partial charge in [0.05, 0.1) is 6.54 Å². The molecule has 0 aromatic heterocycles. The Hall–Kier alpha value is -1.88. The van der Waals surface area contributed by atoms with Crippen LogP contribution in [-0.2, 0) is 4.79 Å². The van der Waals surface area contributed by atoms with E-state index in [1.807, 2.05) is 43.9 Å². The normalized spacial score (nSPS) is 16.8. The summed E-state index contributed by atoms with van der Waals surface area (Å²) in [7, 11) is 0. The monoisotopic (exact) mass is 331 g/mol. The van der Waals surface area contributed by atoms with Crippen molar-refractivity contribution in [3.05, 3.63) is 34.9 Å². The fourth-order valence-electron chi connectivity index (χ4n) is 2.96. The van der Waals surface area contributed by atoms with Crippen molar-refractivity contribution in [1.82, 2.24) is 15.1 Å². The minimum atomic E-state index is 0.0681. The number of hydrogen-bond acceptors (Lipinski definition) is 3. The van der Waals surface area contributed by atoms with Crippen LogP contribution in [0.4, 0.5) is 0 Å². The summed E-state index contributed by atoms with van der Waals surface area (Å²) < 4.78 is 0. The Kier molecular flexibility index (Phi) is 6.37. The number of piperazine rings is 1. The maximum absolute atomic E-state index is 12.7. The molecule has 1 aliphatic heterocycles. The highest BCUT2D eigenvalue weighted by atomic mass is 16.2. The van der Waals surface area contributed by atoms with Gasteiger partial charge in [-0.05, 0) is 38.8 Å². The molecule has 1 aromatic carbocycles. The summed E-state index contributed by atoms with van der Waals surface area (Å²) in [6.07, 6.45) is 0.934. The van der Waals surface area contributed by atoms with E-state index in [0.717, 1.165) is 30.6 Å². The number of carbonyl (C=O) groups excluding carboxylic acids is 2. The maximum Gasteiger partial charge on any atom is 0.254 e. The summed E-state index contributed by atoms with van der Waals surface area (Å²) in [5, 5.41) is 2.99. The average molecular weight is 331 g/mol. The standard InChI is InChI=1S/C19H29N3O2/c1-5-16(4)20-18(23)13-21-8-10-22(11-9-21)19(24)17-7-6-14(2)12-15(17)3/h6-7,12,16H,5,8-11,13H2,1-4H3,(H,20,23). The van der Waals surface area contributed by atoms with E-state index in [4.69, 9.17) is 0 Å². The first-order valence-corrected chi connectivity index (χ1v) is 8.79. The van der Waals surface area contributed by atoms with Gasteiger partial charge in [-0.15, -0.1) is 0 Å². The van der Waals surface area contributed by atoms with Gasteiger partial charge in [-0.25, -0.2) is 0 Å². The smallest absolute Gasteiger partial charge is 0.254 e. The highest BCUT2D eigenvalue weighted by Gasteiger charge is 2.24. The zero-order chi connectivity index (χ0) is 17.7. The SMILES string of the molecule is CCC(C)NC(=O)CN1CCN(C(=O)c2ccc(C)cc2C)CC1. The average Bonchev–Trinajstić information content (AvgIpc) is 2.54. The summed E-state index contributed by atoms with van der Waals surface area (Å²) >= 11 is 0. The van der Waals surface area contributed by atoms with Crippen LogP contribution in [0.15, 0.2) is 18.2 Å². The van der Waals surface area contributed by atoms with E-state index in [-0.39, 0.29) is 17.9 Å². The van der Waals surface area contributed by atoms with Crippen molar-refractivity contribution in [1.29, 1.82) is 0 Å². The van der Waals surface area contributed by atoms with Crippen LogP contribution in [0.3, 0.4) is 0 Å². The van der Waals surface area contributed by atoms with Gasteiger partial charge in [0, 0.05) is 37.8 Å².